The van der Waals surface area contributed by atoms with E-state index in [0.29, 0.717) is 29.4 Å². The van der Waals surface area contributed by atoms with Gasteiger partial charge < -0.3 is 5.32 Å². The van der Waals surface area contributed by atoms with Gasteiger partial charge in [-0.15, -0.1) is 11.3 Å². The number of hydrogen-bond donors (Lipinski definition) is 1. The summed E-state index contributed by atoms with van der Waals surface area (Å²) in [6, 6.07) is 0.674. The first kappa shape index (κ1) is 14.5. The maximum absolute atomic E-state index is 11.7. The SMILES string of the molecule is Cc1nc(CC(CNC2CC2)C2CCS(=O)(=O)C2)cs1. The Bertz CT molecular complexity index is 563. The van der Waals surface area contributed by atoms with Crippen LogP contribution in [0.15, 0.2) is 5.38 Å². The van der Waals surface area contributed by atoms with Crippen LogP contribution in [0.4, 0.5) is 0 Å². The molecule has 4 nitrogen and oxygen atoms in total. The predicted octanol–water partition coefficient (Wildman–Crippen LogP) is 1.80. The van der Waals surface area contributed by atoms with Gasteiger partial charge in [-0.1, -0.05) is 0 Å². The fourth-order valence-corrected chi connectivity index (χ4v) is 5.52. The molecule has 2 aliphatic rings. The average molecular weight is 314 g/mol. The Morgan fingerprint density at radius 1 is 1.45 bits per heavy atom. The summed E-state index contributed by atoms with van der Waals surface area (Å²) in [7, 11) is -2.80. The molecule has 1 aromatic rings. The van der Waals surface area contributed by atoms with Crippen LogP contribution in [0.25, 0.3) is 0 Å². The van der Waals surface area contributed by atoms with Gasteiger partial charge in [0.2, 0.25) is 0 Å². The molecule has 1 N–H and O–H groups in total. The maximum Gasteiger partial charge on any atom is 0.150 e. The monoisotopic (exact) mass is 314 g/mol. The molecular formula is C14H22N2O2S2. The van der Waals surface area contributed by atoms with Gasteiger partial charge in [0.05, 0.1) is 22.2 Å². The van der Waals surface area contributed by atoms with Crippen molar-refractivity contribution in [2.75, 3.05) is 18.1 Å². The highest BCUT2D eigenvalue weighted by molar-refractivity contribution is 7.91. The summed E-state index contributed by atoms with van der Waals surface area (Å²) in [5.41, 5.74) is 1.12. The lowest BCUT2D eigenvalue weighted by Crippen LogP contribution is -2.32. The quantitative estimate of drug-likeness (QED) is 0.870. The molecule has 2 atom stereocenters. The van der Waals surface area contributed by atoms with Crippen LogP contribution in [-0.2, 0) is 16.3 Å². The first-order valence-electron chi connectivity index (χ1n) is 7.37. The second-order valence-electron chi connectivity index (χ2n) is 6.17. The number of aryl methyl sites for hydroxylation is 1. The van der Waals surface area contributed by atoms with Crippen molar-refractivity contribution in [2.45, 2.75) is 38.6 Å². The lowest BCUT2D eigenvalue weighted by Gasteiger charge is -2.22. The molecule has 1 saturated carbocycles. The van der Waals surface area contributed by atoms with Crippen LogP contribution in [0, 0.1) is 18.8 Å². The van der Waals surface area contributed by atoms with Crippen molar-refractivity contribution >= 4 is 21.2 Å². The number of aromatic nitrogens is 1. The van der Waals surface area contributed by atoms with E-state index in [1.807, 2.05) is 6.92 Å². The Morgan fingerprint density at radius 3 is 2.80 bits per heavy atom. The van der Waals surface area contributed by atoms with Crippen LogP contribution in [0.5, 0.6) is 0 Å². The van der Waals surface area contributed by atoms with Crippen molar-refractivity contribution in [3.05, 3.63) is 16.1 Å². The molecule has 3 rings (SSSR count). The molecule has 1 aromatic heterocycles. The van der Waals surface area contributed by atoms with E-state index in [1.54, 1.807) is 11.3 Å². The Labute approximate surface area is 124 Å². The summed E-state index contributed by atoms with van der Waals surface area (Å²) in [6.07, 6.45) is 4.27. The highest BCUT2D eigenvalue weighted by Crippen LogP contribution is 2.29. The molecule has 0 bridgehead atoms. The van der Waals surface area contributed by atoms with Crippen LogP contribution in [0.1, 0.15) is 30.0 Å². The van der Waals surface area contributed by atoms with E-state index in [-0.39, 0.29) is 0 Å². The van der Waals surface area contributed by atoms with Crippen molar-refractivity contribution in [3.8, 4) is 0 Å². The Balaban J connectivity index is 1.66. The molecule has 2 heterocycles. The molecule has 1 aliphatic carbocycles. The summed E-state index contributed by atoms with van der Waals surface area (Å²) in [4.78, 5) is 4.54. The van der Waals surface area contributed by atoms with E-state index >= 15 is 0 Å². The summed E-state index contributed by atoms with van der Waals surface area (Å²) < 4.78 is 23.4. The molecule has 1 aliphatic heterocycles. The third kappa shape index (κ3) is 3.80. The van der Waals surface area contributed by atoms with Crippen LogP contribution >= 0.6 is 11.3 Å². The third-order valence-electron chi connectivity index (χ3n) is 4.32. The van der Waals surface area contributed by atoms with E-state index in [4.69, 9.17) is 0 Å². The number of thiazole rings is 1. The second kappa shape index (κ2) is 5.73. The molecular weight excluding hydrogens is 292 g/mol. The van der Waals surface area contributed by atoms with E-state index in [9.17, 15) is 8.42 Å². The molecule has 112 valence electrons. The van der Waals surface area contributed by atoms with Crippen molar-refractivity contribution in [1.82, 2.24) is 10.3 Å². The van der Waals surface area contributed by atoms with Gasteiger partial charge in [0.25, 0.3) is 0 Å². The van der Waals surface area contributed by atoms with Gasteiger partial charge in [0.1, 0.15) is 0 Å². The molecule has 0 aromatic carbocycles. The smallest absolute Gasteiger partial charge is 0.150 e. The van der Waals surface area contributed by atoms with E-state index < -0.39 is 9.84 Å². The molecule has 0 amide bonds. The van der Waals surface area contributed by atoms with Gasteiger partial charge in [-0.25, -0.2) is 13.4 Å². The van der Waals surface area contributed by atoms with Gasteiger partial charge in [0.15, 0.2) is 9.84 Å². The Kier molecular flexibility index (Phi) is 4.15. The van der Waals surface area contributed by atoms with Gasteiger partial charge in [-0.2, -0.15) is 0 Å². The van der Waals surface area contributed by atoms with Crippen molar-refractivity contribution < 1.29 is 8.42 Å². The lowest BCUT2D eigenvalue weighted by atomic mass is 9.88. The standard InChI is InChI=1S/C14H22N2O2S2/c1-10-16-14(8-19-10)6-12(7-15-13-2-3-13)11-4-5-20(17,18)9-11/h8,11-13,15H,2-7,9H2,1H3. The summed E-state index contributed by atoms with van der Waals surface area (Å²) in [5, 5.41) is 6.77. The van der Waals surface area contributed by atoms with Crippen LogP contribution < -0.4 is 5.32 Å². The summed E-state index contributed by atoms with van der Waals surface area (Å²) >= 11 is 1.68. The molecule has 2 unspecified atom stereocenters. The molecule has 6 heteroatoms. The minimum absolute atomic E-state index is 0.299. The predicted molar refractivity (Wildman–Crippen MR) is 81.8 cm³/mol. The van der Waals surface area contributed by atoms with E-state index in [1.165, 1.54) is 12.8 Å². The number of rotatable bonds is 6. The minimum atomic E-state index is -2.80. The second-order valence-corrected chi connectivity index (χ2v) is 9.46. The van der Waals surface area contributed by atoms with Crippen molar-refractivity contribution in [2.24, 2.45) is 11.8 Å². The zero-order valence-electron chi connectivity index (χ0n) is 11.8. The highest BCUT2D eigenvalue weighted by Gasteiger charge is 2.34. The lowest BCUT2D eigenvalue weighted by molar-refractivity contribution is 0.340. The largest absolute Gasteiger partial charge is 0.314 e. The first-order valence-corrected chi connectivity index (χ1v) is 10.1. The Hall–Kier alpha value is -0.460. The van der Waals surface area contributed by atoms with E-state index in [2.05, 4.69) is 15.7 Å². The van der Waals surface area contributed by atoms with Gasteiger partial charge in [-0.05, 0) is 51.0 Å². The molecule has 0 radical (unpaired) electrons. The number of nitrogens with zero attached hydrogens (tertiary/aromatic N) is 1. The average Bonchev–Trinajstić information content (AvgIpc) is 3.02. The topological polar surface area (TPSA) is 59.1 Å². The van der Waals surface area contributed by atoms with E-state index in [0.717, 1.165) is 30.1 Å². The maximum atomic E-state index is 11.7. The van der Waals surface area contributed by atoms with Crippen molar-refractivity contribution in [1.29, 1.82) is 0 Å². The number of hydrogen-bond acceptors (Lipinski definition) is 5. The minimum Gasteiger partial charge on any atom is -0.314 e. The zero-order valence-corrected chi connectivity index (χ0v) is 13.5. The van der Waals surface area contributed by atoms with Gasteiger partial charge in [0, 0.05) is 11.4 Å². The molecule has 1 saturated heterocycles. The molecule has 2 fully saturated rings. The normalized spacial score (nSPS) is 26.8. The van der Waals surface area contributed by atoms with Crippen LogP contribution in [0.3, 0.4) is 0 Å². The zero-order chi connectivity index (χ0) is 14.2. The van der Waals surface area contributed by atoms with Crippen LogP contribution in [0.2, 0.25) is 0 Å². The fourth-order valence-electron chi connectivity index (χ4n) is 2.98. The fraction of sp³-hybridized carbons (Fsp3) is 0.786. The van der Waals surface area contributed by atoms with Crippen LogP contribution in [-0.4, -0.2) is 37.5 Å². The Morgan fingerprint density at radius 2 is 2.25 bits per heavy atom. The first-order chi connectivity index (χ1) is 9.52. The summed E-state index contributed by atoms with van der Waals surface area (Å²) in [6.45, 7) is 2.95. The third-order valence-corrected chi connectivity index (χ3v) is 6.93. The summed E-state index contributed by atoms with van der Waals surface area (Å²) in [5.74, 6) is 1.43. The number of sulfone groups is 1. The molecule has 20 heavy (non-hydrogen) atoms. The van der Waals surface area contributed by atoms with Gasteiger partial charge in [-0.3, -0.25) is 0 Å². The number of nitrogens with one attached hydrogen (secondary N) is 1. The highest BCUT2D eigenvalue weighted by atomic mass is 32.2. The van der Waals surface area contributed by atoms with Gasteiger partial charge >= 0.3 is 0 Å². The molecule has 0 spiro atoms. The van der Waals surface area contributed by atoms with Crippen molar-refractivity contribution in [3.63, 3.8) is 0 Å².